The lowest BCUT2D eigenvalue weighted by Gasteiger charge is -2.47. The van der Waals surface area contributed by atoms with Gasteiger partial charge >= 0.3 is 0 Å². The van der Waals surface area contributed by atoms with Crippen LogP contribution in [-0.4, -0.2) is 74.2 Å². The van der Waals surface area contributed by atoms with Crippen molar-refractivity contribution in [2.75, 3.05) is 52.4 Å². The number of fused-ring (bicyclic) bond motifs is 3. The van der Waals surface area contributed by atoms with Crippen LogP contribution in [0.3, 0.4) is 0 Å². The largest absolute Gasteiger partial charge is 0.357 e. The topological polar surface area (TPSA) is 42.9 Å². The Balaban J connectivity index is 1.84. The lowest BCUT2D eigenvalue weighted by Crippen LogP contribution is -2.62. The van der Waals surface area contributed by atoms with Crippen LogP contribution in [-0.2, 0) is 0 Å². The van der Waals surface area contributed by atoms with Crippen LogP contribution in [0.2, 0.25) is 0 Å². The van der Waals surface area contributed by atoms with Crippen LogP contribution >= 0.6 is 0 Å². The van der Waals surface area contributed by atoms with E-state index in [0.29, 0.717) is 6.04 Å². The third-order valence-electron chi connectivity index (χ3n) is 3.61. The molecule has 2 bridgehead atoms. The highest BCUT2D eigenvalue weighted by molar-refractivity contribution is 5.79. The van der Waals surface area contributed by atoms with Gasteiger partial charge in [-0.15, -0.1) is 6.58 Å². The number of piperazine rings is 3. The number of nitrogens with zero attached hydrogens (tertiary/aromatic N) is 3. The summed E-state index contributed by atoms with van der Waals surface area (Å²) in [5.41, 5.74) is 0. The molecule has 102 valence electrons. The summed E-state index contributed by atoms with van der Waals surface area (Å²) in [6, 6.07) is 0.590. The first-order valence-corrected chi connectivity index (χ1v) is 6.93. The van der Waals surface area contributed by atoms with Gasteiger partial charge in [0.05, 0.1) is 6.54 Å². The Labute approximate surface area is 110 Å². The molecule has 3 fully saturated rings. The SMILES string of the molecule is C=CCNC(=NCC1CN2CCN1CC2)NCC. The van der Waals surface area contributed by atoms with Crippen LogP contribution in [0.15, 0.2) is 17.6 Å². The average molecular weight is 251 g/mol. The van der Waals surface area contributed by atoms with E-state index >= 15 is 0 Å². The Morgan fingerprint density at radius 3 is 2.67 bits per heavy atom. The molecule has 3 heterocycles. The van der Waals surface area contributed by atoms with E-state index in [1.807, 2.05) is 6.08 Å². The second-order valence-corrected chi connectivity index (χ2v) is 4.88. The maximum atomic E-state index is 4.67. The molecular formula is C13H25N5. The Bertz CT molecular complexity index is 294. The zero-order valence-corrected chi connectivity index (χ0v) is 11.4. The zero-order valence-electron chi connectivity index (χ0n) is 11.4. The van der Waals surface area contributed by atoms with Gasteiger partial charge in [0.25, 0.3) is 0 Å². The Kier molecular flexibility index (Phi) is 5.01. The molecule has 3 saturated heterocycles. The summed E-state index contributed by atoms with van der Waals surface area (Å²) in [7, 11) is 0. The van der Waals surface area contributed by atoms with Gasteiger partial charge in [-0.1, -0.05) is 6.08 Å². The minimum absolute atomic E-state index is 0.590. The van der Waals surface area contributed by atoms with Gasteiger partial charge in [0.2, 0.25) is 0 Å². The Morgan fingerprint density at radius 1 is 1.33 bits per heavy atom. The molecule has 1 unspecified atom stereocenters. The van der Waals surface area contributed by atoms with E-state index in [0.717, 1.165) is 25.6 Å². The summed E-state index contributed by atoms with van der Waals surface area (Å²) in [6.45, 7) is 14.4. The molecule has 5 nitrogen and oxygen atoms in total. The van der Waals surface area contributed by atoms with E-state index in [4.69, 9.17) is 0 Å². The molecule has 1 atom stereocenters. The van der Waals surface area contributed by atoms with Crippen molar-refractivity contribution in [2.24, 2.45) is 4.99 Å². The second kappa shape index (κ2) is 6.75. The van der Waals surface area contributed by atoms with E-state index in [1.54, 1.807) is 0 Å². The highest BCUT2D eigenvalue weighted by Crippen LogP contribution is 2.15. The fraction of sp³-hybridized carbons (Fsp3) is 0.769. The lowest BCUT2D eigenvalue weighted by molar-refractivity contribution is 0.0174. The van der Waals surface area contributed by atoms with Crippen LogP contribution in [0.4, 0.5) is 0 Å². The molecule has 5 heteroatoms. The number of hydrogen-bond donors (Lipinski definition) is 2. The lowest BCUT2D eigenvalue weighted by atomic mass is 10.1. The molecule has 2 N–H and O–H groups in total. The summed E-state index contributed by atoms with van der Waals surface area (Å²) < 4.78 is 0. The van der Waals surface area contributed by atoms with Crippen molar-refractivity contribution in [1.29, 1.82) is 0 Å². The van der Waals surface area contributed by atoms with Crippen LogP contribution in [0.5, 0.6) is 0 Å². The van der Waals surface area contributed by atoms with Gasteiger partial charge in [-0.2, -0.15) is 0 Å². The minimum Gasteiger partial charge on any atom is -0.357 e. The van der Waals surface area contributed by atoms with E-state index < -0.39 is 0 Å². The summed E-state index contributed by atoms with van der Waals surface area (Å²) >= 11 is 0. The second-order valence-electron chi connectivity index (χ2n) is 4.88. The van der Waals surface area contributed by atoms with Gasteiger partial charge in [-0.25, -0.2) is 0 Å². The van der Waals surface area contributed by atoms with E-state index in [-0.39, 0.29) is 0 Å². The van der Waals surface area contributed by atoms with Crippen molar-refractivity contribution < 1.29 is 0 Å². The standard InChI is InChI=1S/C13H25N5/c1-3-5-15-13(14-4-2)16-10-12-11-17-6-8-18(12)9-7-17/h3,12H,1,4-11H2,2H3,(H2,14,15,16). The number of nitrogens with one attached hydrogen (secondary N) is 2. The maximum Gasteiger partial charge on any atom is 0.191 e. The molecule has 0 aliphatic carbocycles. The molecule has 0 amide bonds. The summed E-state index contributed by atoms with van der Waals surface area (Å²) in [5.74, 6) is 0.898. The van der Waals surface area contributed by atoms with Gasteiger partial charge in [0, 0.05) is 51.9 Å². The Morgan fingerprint density at radius 2 is 2.11 bits per heavy atom. The zero-order chi connectivity index (χ0) is 12.8. The van der Waals surface area contributed by atoms with Crippen molar-refractivity contribution in [3.8, 4) is 0 Å². The van der Waals surface area contributed by atoms with Crippen LogP contribution in [0.1, 0.15) is 6.92 Å². The highest BCUT2D eigenvalue weighted by atomic mass is 15.3. The fourth-order valence-electron chi connectivity index (χ4n) is 2.61. The predicted molar refractivity (Wildman–Crippen MR) is 76.0 cm³/mol. The van der Waals surface area contributed by atoms with Gasteiger partial charge < -0.3 is 10.6 Å². The predicted octanol–water partition coefficient (Wildman–Crippen LogP) is -0.273. The minimum atomic E-state index is 0.590. The van der Waals surface area contributed by atoms with Gasteiger partial charge in [-0.05, 0) is 6.92 Å². The van der Waals surface area contributed by atoms with E-state index in [9.17, 15) is 0 Å². The normalized spacial score (nSPS) is 31.2. The molecule has 0 saturated carbocycles. The molecule has 0 radical (unpaired) electrons. The number of aliphatic imine (C=N–C) groups is 1. The van der Waals surface area contributed by atoms with Gasteiger partial charge in [0.15, 0.2) is 5.96 Å². The highest BCUT2D eigenvalue weighted by Gasteiger charge is 2.31. The third kappa shape index (κ3) is 3.46. The molecule has 0 spiro atoms. The van der Waals surface area contributed by atoms with E-state index in [2.05, 4.69) is 38.9 Å². The third-order valence-corrected chi connectivity index (χ3v) is 3.61. The first-order valence-electron chi connectivity index (χ1n) is 6.93. The van der Waals surface area contributed by atoms with Crippen LogP contribution < -0.4 is 10.6 Å². The summed E-state index contributed by atoms with van der Waals surface area (Å²) in [5, 5.41) is 6.50. The van der Waals surface area contributed by atoms with E-state index in [1.165, 1.54) is 32.7 Å². The van der Waals surface area contributed by atoms with Crippen molar-refractivity contribution in [3.63, 3.8) is 0 Å². The molecule has 0 aromatic rings. The first kappa shape index (κ1) is 13.4. The summed E-state index contributed by atoms with van der Waals surface area (Å²) in [6.07, 6.45) is 1.85. The number of rotatable bonds is 5. The molecule has 0 aromatic heterocycles. The molecule has 3 aliphatic heterocycles. The molecule has 0 aromatic carbocycles. The smallest absolute Gasteiger partial charge is 0.191 e. The van der Waals surface area contributed by atoms with Gasteiger partial charge in [-0.3, -0.25) is 14.8 Å². The van der Waals surface area contributed by atoms with Crippen LogP contribution in [0, 0.1) is 0 Å². The molecule has 3 aliphatic rings. The number of guanidine groups is 1. The van der Waals surface area contributed by atoms with Crippen LogP contribution in [0.25, 0.3) is 0 Å². The average Bonchev–Trinajstić information content (AvgIpc) is 2.43. The quantitative estimate of drug-likeness (QED) is 0.401. The molecule has 3 rings (SSSR count). The molecule has 18 heavy (non-hydrogen) atoms. The number of hydrogen-bond acceptors (Lipinski definition) is 3. The molecular weight excluding hydrogens is 226 g/mol. The van der Waals surface area contributed by atoms with Crippen molar-refractivity contribution in [1.82, 2.24) is 20.4 Å². The summed E-state index contributed by atoms with van der Waals surface area (Å²) in [4.78, 5) is 9.79. The van der Waals surface area contributed by atoms with Crippen molar-refractivity contribution in [3.05, 3.63) is 12.7 Å². The monoisotopic (exact) mass is 251 g/mol. The van der Waals surface area contributed by atoms with Gasteiger partial charge in [0.1, 0.15) is 0 Å². The fourth-order valence-corrected chi connectivity index (χ4v) is 2.61. The Hall–Kier alpha value is -1.07. The van der Waals surface area contributed by atoms with Crippen molar-refractivity contribution >= 4 is 5.96 Å². The van der Waals surface area contributed by atoms with Crippen molar-refractivity contribution in [2.45, 2.75) is 13.0 Å². The maximum absolute atomic E-state index is 4.67. The first-order chi connectivity index (χ1) is 8.83.